The molecule has 134 valence electrons. The number of carbonyl (C=O) groups is 3. The maximum absolute atomic E-state index is 12.2. The van der Waals surface area contributed by atoms with Crippen molar-refractivity contribution in [1.82, 2.24) is 5.32 Å². The zero-order valence-corrected chi connectivity index (χ0v) is 14.4. The van der Waals surface area contributed by atoms with Gasteiger partial charge in [0.05, 0.1) is 0 Å². The third kappa shape index (κ3) is 4.59. The van der Waals surface area contributed by atoms with Crippen LogP contribution in [0.5, 0.6) is 0 Å². The van der Waals surface area contributed by atoms with E-state index in [4.69, 9.17) is 0 Å². The Hall–Kier alpha value is -2.37. The van der Waals surface area contributed by atoms with E-state index in [0.29, 0.717) is 18.7 Å². The molecule has 0 aromatic heterocycles. The summed E-state index contributed by atoms with van der Waals surface area (Å²) in [4.78, 5) is 37.8. The van der Waals surface area contributed by atoms with Gasteiger partial charge in [-0.15, -0.1) is 0 Å². The SMILES string of the molecule is O=C(Nc1cccc(N2CCCC2=O)c1)C(=O)NC1CCCCCC1. The van der Waals surface area contributed by atoms with E-state index in [-0.39, 0.29) is 11.9 Å². The summed E-state index contributed by atoms with van der Waals surface area (Å²) < 4.78 is 0. The summed E-state index contributed by atoms with van der Waals surface area (Å²) in [5.41, 5.74) is 1.28. The fourth-order valence-electron chi connectivity index (χ4n) is 3.54. The quantitative estimate of drug-likeness (QED) is 0.654. The molecule has 1 aliphatic heterocycles. The summed E-state index contributed by atoms with van der Waals surface area (Å²) in [6.07, 6.45) is 7.86. The van der Waals surface area contributed by atoms with E-state index >= 15 is 0 Å². The van der Waals surface area contributed by atoms with Crippen LogP contribution in [0.15, 0.2) is 24.3 Å². The van der Waals surface area contributed by atoms with Gasteiger partial charge < -0.3 is 15.5 Å². The van der Waals surface area contributed by atoms with Crippen molar-refractivity contribution in [1.29, 1.82) is 0 Å². The van der Waals surface area contributed by atoms with Gasteiger partial charge in [0.2, 0.25) is 5.91 Å². The van der Waals surface area contributed by atoms with Crippen LogP contribution >= 0.6 is 0 Å². The van der Waals surface area contributed by atoms with E-state index in [2.05, 4.69) is 10.6 Å². The monoisotopic (exact) mass is 343 g/mol. The van der Waals surface area contributed by atoms with Crippen LogP contribution in [-0.4, -0.2) is 30.3 Å². The highest BCUT2D eigenvalue weighted by Gasteiger charge is 2.23. The number of carbonyl (C=O) groups excluding carboxylic acids is 3. The summed E-state index contributed by atoms with van der Waals surface area (Å²) in [7, 11) is 0. The van der Waals surface area contributed by atoms with E-state index in [1.807, 2.05) is 6.07 Å². The average molecular weight is 343 g/mol. The Kier molecular flexibility index (Phi) is 5.68. The molecule has 0 radical (unpaired) electrons. The highest BCUT2D eigenvalue weighted by atomic mass is 16.2. The van der Waals surface area contributed by atoms with Gasteiger partial charge >= 0.3 is 11.8 Å². The molecule has 1 saturated carbocycles. The Morgan fingerprint density at radius 1 is 1.00 bits per heavy atom. The number of benzene rings is 1. The maximum Gasteiger partial charge on any atom is 0.313 e. The molecule has 0 spiro atoms. The number of anilines is 2. The summed E-state index contributed by atoms with van der Waals surface area (Å²) in [5.74, 6) is -1.15. The van der Waals surface area contributed by atoms with Crippen LogP contribution in [0.25, 0.3) is 0 Å². The van der Waals surface area contributed by atoms with E-state index in [1.54, 1.807) is 23.1 Å². The van der Waals surface area contributed by atoms with Crippen LogP contribution in [0, 0.1) is 0 Å². The lowest BCUT2D eigenvalue weighted by atomic mass is 10.1. The first-order valence-corrected chi connectivity index (χ1v) is 9.16. The topological polar surface area (TPSA) is 78.5 Å². The van der Waals surface area contributed by atoms with E-state index in [1.165, 1.54) is 12.8 Å². The molecule has 3 rings (SSSR count). The summed E-state index contributed by atoms with van der Waals surface area (Å²) in [6.45, 7) is 0.693. The molecule has 3 amide bonds. The second kappa shape index (κ2) is 8.14. The van der Waals surface area contributed by atoms with Gasteiger partial charge in [-0.25, -0.2) is 0 Å². The molecule has 1 aliphatic carbocycles. The lowest BCUT2D eigenvalue weighted by Crippen LogP contribution is -2.41. The Labute approximate surface area is 148 Å². The van der Waals surface area contributed by atoms with Gasteiger partial charge in [0.25, 0.3) is 0 Å². The van der Waals surface area contributed by atoms with Gasteiger partial charge in [0.15, 0.2) is 0 Å². The van der Waals surface area contributed by atoms with E-state index in [9.17, 15) is 14.4 Å². The molecule has 6 heteroatoms. The lowest BCUT2D eigenvalue weighted by Gasteiger charge is -2.17. The van der Waals surface area contributed by atoms with Crippen molar-refractivity contribution in [2.45, 2.75) is 57.4 Å². The number of nitrogens with one attached hydrogen (secondary N) is 2. The number of hydrogen-bond acceptors (Lipinski definition) is 3. The maximum atomic E-state index is 12.2. The second-order valence-corrected chi connectivity index (χ2v) is 6.82. The van der Waals surface area contributed by atoms with Crippen LogP contribution in [0.1, 0.15) is 51.4 Å². The van der Waals surface area contributed by atoms with Crippen LogP contribution in [0.4, 0.5) is 11.4 Å². The lowest BCUT2D eigenvalue weighted by molar-refractivity contribution is -0.136. The van der Waals surface area contributed by atoms with Gasteiger partial charge in [0, 0.05) is 30.4 Å². The van der Waals surface area contributed by atoms with Crippen molar-refractivity contribution in [3.8, 4) is 0 Å². The van der Waals surface area contributed by atoms with Crippen LogP contribution in [0.2, 0.25) is 0 Å². The molecule has 2 N–H and O–H groups in total. The molecule has 1 saturated heterocycles. The van der Waals surface area contributed by atoms with Gasteiger partial charge in [-0.05, 0) is 37.5 Å². The predicted molar refractivity (Wildman–Crippen MR) is 96.3 cm³/mol. The Bertz CT molecular complexity index is 651. The van der Waals surface area contributed by atoms with Crippen molar-refractivity contribution in [2.24, 2.45) is 0 Å². The first-order valence-electron chi connectivity index (χ1n) is 9.16. The minimum Gasteiger partial charge on any atom is -0.345 e. The van der Waals surface area contributed by atoms with Gasteiger partial charge in [-0.3, -0.25) is 14.4 Å². The molecule has 0 bridgehead atoms. The smallest absolute Gasteiger partial charge is 0.313 e. The first kappa shape index (κ1) is 17.5. The van der Waals surface area contributed by atoms with Crippen molar-refractivity contribution in [3.05, 3.63) is 24.3 Å². The minimum absolute atomic E-state index is 0.0919. The average Bonchev–Trinajstić information content (AvgIpc) is 2.87. The second-order valence-electron chi connectivity index (χ2n) is 6.82. The molecule has 1 aromatic carbocycles. The Morgan fingerprint density at radius 3 is 2.44 bits per heavy atom. The molecule has 6 nitrogen and oxygen atoms in total. The fourth-order valence-corrected chi connectivity index (χ4v) is 3.54. The van der Waals surface area contributed by atoms with E-state index in [0.717, 1.165) is 37.8 Å². The number of hydrogen-bond donors (Lipinski definition) is 2. The molecule has 0 unspecified atom stereocenters. The minimum atomic E-state index is -0.658. The predicted octanol–water partition coefficient (Wildman–Crippen LogP) is 2.59. The molecule has 25 heavy (non-hydrogen) atoms. The highest BCUT2D eigenvalue weighted by Crippen LogP contribution is 2.24. The zero-order valence-electron chi connectivity index (χ0n) is 14.4. The van der Waals surface area contributed by atoms with Gasteiger partial charge in [-0.1, -0.05) is 31.7 Å². The van der Waals surface area contributed by atoms with Crippen molar-refractivity contribution >= 4 is 29.1 Å². The molecule has 2 fully saturated rings. The standard InChI is InChI=1S/C19H25N3O3/c23-17-11-6-12-22(17)16-10-5-9-15(13-16)21-19(25)18(24)20-14-7-3-1-2-4-8-14/h5,9-10,13-14H,1-4,6-8,11-12H2,(H,20,24)(H,21,25). The number of amides is 3. The largest absolute Gasteiger partial charge is 0.345 e. The van der Waals surface area contributed by atoms with E-state index < -0.39 is 11.8 Å². The first-order chi connectivity index (χ1) is 12.1. The summed E-state index contributed by atoms with van der Waals surface area (Å²) in [6, 6.07) is 7.17. The zero-order chi connectivity index (χ0) is 17.6. The molecule has 2 aliphatic rings. The summed E-state index contributed by atoms with van der Waals surface area (Å²) in [5, 5.41) is 5.48. The van der Waals surface area contributed by atoms with Crippen LogP contribution < -0.4 is 15.5 Å². The number of nitrogens with zero attached hydrogens (tertiary/aromatic N) is 1. The summed E-state index contributed by atoms with van der Waals surface area (Å²) >= 11 is 0. The van der Waals surface area contributed by atoms with Crippen molar-refractivity contribution < 1.29 is 14.4 Å². The Balaban J connectivity index is 1.58. The third-order valence-electron chi connectivity index (χ3n) is 4.89. The normalized spacial score (nSPS) is 18.7. The third-order valence-corrected chi connectivity index (χ3v) is 4.89. The Morgan fingerprint density at radius 2 is 1.76 bits per heavy atom. The molecule has 1 heterocycles. The van der Waals surface area contributed by atoms with Gasteiger partial charge in [-0.2, -0.15) is 0 Å². The highest BCUT2D eigenvalue weighted by molar-refractivity contribution is 6.39. The van der Waals surface area contributed by atoms with Crippen molar-refractivity contribution in [2.75, 3.05) is 16.8 Å². The van der Waals surface area contributed by atoms with Crippen molar-refractivity contribution in [3.63, 3.8) is 0 Å². The molecule has 1 aromatic rings. The van der Waals surface area contributed by atoms with Crippen LogP contribution in [-0.2, 0) is 14.4 Å². The van der Waals surface area contributed by atoms with Gasteiger partial charge in [0.1, 0.15) is 0 Å². The molecule has 0 atom stereocenters. The molecular weight excluding hydrogens is 318 g/mol. The number of rotatable bonds is 3. The fraction of sp³-hybridized carbons (Fsp3) is 0.526. The van der Waals surface area contributed by atoms with Crippen LogP contribution in [0.3, 0.4) is 0 Å². The molecular formula is C19H25N3O3.